The van der Waals surface area contributed by atoms with Crippen LogP contribution in [0, 0.1) is 52.3 Å². The first-order valence-corrected chi connectivity index (χ1v) is 11.4. The van der Waals surface area contributed by atoms with Gasteiger partial charge in [-0.2, -0.15) is 0 Å². The maximum absolute atomic E-state index is 12.1. The molecule has 0 aromatic rings. The molecule has 3 unspecified atom stereocenters. The summed E-state index contributed by atoms with van der Waals surface area (Å²) in [4.78, 5) is 12.1. The van der Waals surface area contributed by atoms with Crippen molar-refractivity contribution in [3.8, 4) is 0 Å². The van der Waals surface area contributed by atoms with E-state index in [-0.39, 0.29) is 17.4 Å². The molecule has 0 spiro atoms. The zero-order chi connectivity index (χ0) is 18.8. The molecule has 5 saturated carbocycles. The van der Waals surface area contributed by atoms with Gasteiger partial charge in [0, 0.05) is 13.0 Å². The van der Waals surface area contributed by atoms with E-state index in [0.29, 0.717) is 35.4 Å². The fourth-order valence-electron chi connectivity index (χ4n) is 9.33. The Kier molecular flexibility index (Phi) is 3.24. The van der Waals surface area contributed by atoms with Crippen molar-refractivity contribution in [1.29, 1.82) is 0 Å². The fraction of sp³-hybridized carbons (Fsp3) is 0.875. The van der Waals surface area contributed by atoms with E-state index in [0.717, 1.165) is 43.9 Å². The van der Waals surface area contributed by atoms with Crippen LogP contribution in [0.1, 0.15) is 65.2 Å². The summed E-state index contributed by atoms with van der Waals surface area (Å²) in [6.07, 6.45) is 10.2. The SMILES string of the molecule is C[C@]12CCC(=O)C=C1[C@@H]1C[C@@H]1C1C2CC[C@@]2(C)C1[C@@H]1C[C@@H]1[C@@]2(O)CCCO. The van der Waals surface area contributed by atoms with Gasteiger partial charge in [0.1, 0.15) is 0 Å². The van der Waals surface area contributed by atoms with Crippen molar-refractivity contribution < 1.29 is 15.0 Å². The molecular weight excluding hydrogens is 336 g/mol. The van der Waals surface area contributed by atoms with E-state index in [4.69, 9.17) is 0 Å². The highest BCUT2D eigenvalue weighted by molar-refractivity contribution is 5.92. The van der Waals surface area contributed by atoms with Crippen LogP contribution in [0.5, 0.6) is 0 Å². The van der Waals surface area contributed by atoms with Gasteiger partial charge in [0.2, 0.25) is 0 Å². The number of carbonyl (C=O) groups is 1. The number of aliphatic hydroxyl groups is 2. The van der Waals surface area contributed by atoms with Crippen LogP contribution in [0.15, 0.2) is 11.6 Å². The van der Waals surface area contributed by atoms with Gasteiger partial charge in [-0.3, -0.25) is 4.79 Å². The van der Waals surface area contributed by atoms with Gasteiger partial charge >= 0.3 is 0 Å². The number of rotatable bonds is 3. The molecule has 3 heteroatoms. The molecule has 0 heterocycles. The van der Waals surface area contributed by atoms with Crippen molar-refractivity contribution in [2.24, 2.45) is 52.3 Å². The molecule has 0 aromatic carbocycles. The van der Waals surface area contributed by atoms with E-state index < -0.39 is 5.60 Å². The second kappa shape index (κ2) is 5.08. The number of aliphatic hydroxyl groups excluding tert-OH is 1. The minimum Gasteiger partial charge on any atom is -0.396 e. The molecule has 2 N–H and O–H groups in total. The molecule has 27 heavy (non-hydrogen) atoms. The molecule has 0 bridgehead atoms. The van der Waals surface area contributed by atoms with Crippen molar-refractivity contribution in [3.63, 3.8) is 0 Å². The highest BCUT2D eigenvalue weighted by Gasteiger charge is 2.78. The maximum atomic E-state index is 12.1. The third kappa shape index (κ3) is 1.89. The molecule has 10 atom stereocenters. The van der Waals surface area contributed by atoms with E-state index in [1.165, 1.54) is 24.8 Å². The fourth-order valence-corrected chi connectivity index (χ4v) is 9.33. The Morgan fingerprint density at radius 3 is 2.74 bits per heavy atom. The Morgan fingerprint density at radius 2 is 1.96 bits per heavy atom. The van der Waals surface area contributed by atoms with Crippen molar-refractivity contribution in [1.82, 2.24) is 0 Å². The van der Waals surface area contributed by atoms with Crippen LogP contribution in [0.4, 0.5) is 0 Å². The molecule has 0 amide bonds. The summed E-state index contributed by atoms with van der Waals surface area (Å²) in [7, 11) is 0. The first-order valence-electron chi connectivity index (χ1n) is 11.4. The van der Waals surface area contributed by atoms with Crippen molar-refractivity contribution in [3.05, 3.63) is 11.6 Å². The average molecular weight is 371 g/mol. The predicted molar refractivity (Wildman–Crippen MR) is 103 cm³/mol. The molecule has 6 aliphatic carbocycles. The minimum atomic E-state index is -0.556. The standard InChI is InChI=1S/C24H34O3/c1-22-7-4-13(26)10-18(22)14-11-15(14)20-17(22)5-8-23(2)21(20)16-12-19(16)24(23,27)6-3-9-25/h10,14-17,19-21,25,27H,3-9,11-12H2,1-2H3/t14-,15+,16-,17?,19+,20?,21?,22-,23+,24+/m1/s1. The van der Waals surface area contributed by atoms with Gasteiger partial charge in [-0.25, -0.2) is 0 Å². The number of ketones is 1. The van der Waals surface area contributed by atoms with Gasteiger partial charge < -0.3 is 10.2 Å². The number of hydrogen-bond donors (Lipinski definition) is 2. The van der Waals surface area contributed by atoms with Crippen LogP contribution in [0.3, 0.4) is 0 Å². The minimum absolute atomic E-state index is 0.0339. The van der Waals surface area contributed by atoms with Gasteiger partial charge in [0.15, 0.2) is 5.78 Å². The number of carbonyl (C=O) groups excluding carboxylic acids is 1. The molecule has 0 saturated heterocycles. The first kappa shape index (κ1) is 17.2. The van der Waals surface area contributed by atoms with Crippen LogP contribution in [-0.4, -0.2) is 28.2 Å². The lowest BCUT2D eigenvalue weighted by Crippen LogP contribution is -2.57. The van der Waals surface area contributed by atoms with Crippen LogP contribution < -0.4 is 0 Å². The molecule has 0 aliphatic heterocycles. The Labute approximate surface area is 162 Å². The molecule has 0 radical (unpaired) electrons. The van der Waals surface area contributed by atoms with Crippen molar-refractivity contribution >= 4 is 5.78 Å². The summed E-state index contributed by atoms with van der Waals surface area (Å²) in [5.41, 5.74) is 1.22. The van der Waals surface area contributed by atoms with Gasteiger partial charge in [0.25, 0.3) is 0 Å². The number of hydrogen-bond acceptors (Lipinski definition) is 3. The van der Waals surface area contributed by atoms with Gasteiger partial charge in [-0.05, 0) is 103 Å². The van der Waals surface area contributed by atoms with E-state index in [1.807, 2.05) is 6.08 Å². The van der Waals surface area contributed by atoms with E-state index >= 15 is 0 Å². The Hall–Kier alpha value is -0.670. The highest BCUT2D eigenvalue weighted by atomic mass is 16.3. The number of allylic oxidation sites excluding steroid dienone is 1. The average Bonchev–Trinajstić information content (AvgIpc) is 3.53. The zero-order valence-corrected chi connectivity index (χ0v) is 16.8. The van der Waals surface area contributed by atoms with Crippen molar-refractivity contribution in [2.75, 3.05) is 6.61 Å². The van der Waals surface area contributed by atoms with E-state index in [2.05, 4.69) is 13.8 Å². The molecule has 148 valence electrons. The van der Waals surface area contributed by atoms with E-state index in [1.54, 1.807) is 0 Å². The lowest BCUT2D eigenvalue weighted by atomic mass is 9.45. The molecule has 3 nitrogen and oxygen atoms in total. The van der Waals surface area contributed by atoms with Crippen LogP contribution in [0.2, 0.25) is 0 Å². The van der Waals surface area contributed by atoms with E-state index in [9.17, 15) is 15.0 Å². The topological polar surface area (TPSA) is 57.5 Å². The second-order valence-electron chi connectivity index (χ2n) is 11.4. The Morgan fingerprint density at radius 1 is 1.15 bits per heavy atom. The Bertz CT molecular complexity index is 742. The summed E-state index contributed by atoms with van der Waals surface area (Å²) >= 11 is 0. The summed E-state index contributed by atoms with van der Waals surface area (Å²) in [5, 5.41) is 21.2. The van der Waals surface area contributed by atoms with Crippen LogP contribution in [0.25, 0.3) is 0 Å². The molecule has 6 aliphatic rings. The quantitative estimate of drug-likeness (QED) is 0.796. The van der Waals surface area contributed by atoms with Crippen LogP contribution >= 0.6 is 0 Å². The van der Waals surface area contributed by atoms with Gasteiger partial charge in [-0.15, -0.1) is 0 Å². The second-order valence-corrected chi connectivity index (χ2v) is 11.4. The number of fused-ring (bicyclic) bond motifs is 10. The molecule has 5 fully saturated rings. The normalized spacial score (nSPS) is 59.8. The third-order valence-corrected chi connectivity index (χ3v) is 10.6. The van der Waals surface area contributed by atoms with Gasteiger partial charge in [0.05, 0.1) is 5.60 Å². The zero-order valence-electron chi connectivity index (χ0n) is 16.8. The van der Waals surface area contributed by atoms with Crippen molar-refractivity contribution in [2.45, 2.75) is 70.8 Å². The lowest BCUT2D eigenvalue weighted by Gasteiger charge is -2.60. The first-order chi connectivity index (χ1) is 12.8. The summed E-state index contributed by atoms with van der Waals surface area (Å²) in [6, 6.07) is 0. The summed E-state index contributed by atoms with van der Waals surface area (Å²) < 4.78 is 0. The van der Waals surface area contributed by atoms with Gasteiger partial charge in [-0.1, -0.05) is 19.4 Å². The predicted octanol–water partition coefficient (Wildman–Crippen LogP) is 3.73. The third-order valence-electron chi connectivity index (χ3n) is 10.6. The monoisotopic (exact) mass is 370 g/mol. The maximum Gasteiger partial charge on any atom is 0.155 e. The molecule has 0 aromatic heterocycles. The lowest BCUT2D eigenvalue weighted by molar-refractivity contribution is -0.155. The summed E-state index contributed by atoms with van der Waals surface area (Å²) in [5.74, 6) is 5.10. The molecular formula is C24H34O3. The largest absolute Gasteiger partial charge is 0.396 e. The summed E-state index contributed by atoms with van der Waals surface area (Å²) in [6.45, 7) is 5.06. The molecule has 6 rings (SSSR count). The van der Waals surface area contributed by atoms with Crippen LogP contribution in [-0.2, 0) is 4.79 Å². The highest BCUT2D eigenvalue weighted by Crippen LogP contribution is 2.81. The smallest absolute Gasteiger partial charge is 0.155 e. The Balaban J connectivity index is 1.40.